The van der Waals surface area contributed by atoms with E-state index in [-0.39, 0.29) is 5.78 Å². The average molecular weight is 413 g/mol. The van der Waals surface area contributed by atoms with Gasteiger partial charge in [0.25, 0.3) is 0 Å². The van der Waals surface area contributed by atoms with Gasteiger partial charge in [-0.3, -0.25) is 4.79 Å². The molecule has 0 unspecified atom stereocenters. The van der Waals surface area contributed by atoms with E-state index < -0.39 is 0 Å². The molecule has 0 bridgehead atoms. The Balaban J connectivity index is 1.72. The SMILES string of the molecule is COc1cc(/C=C/C(=O)c2ccc(Cl)cc2Cl)ccc1OCc1ccccc1. The Bertz CT molecular complexity index is 998. The molecule has 3 aromatic rings. The van der Waals surface area contributed by atoms with Crippen LogP contribution in [0, 0.1) is 0 Å². The highest BCUT2D eigenvalue weighted by Gasteiger charge is 2.09. The van der Waals surface area contributed by atoms with Crippen LogP contribution in [0.1, 0.15) is 21.5 Å². The molecule has 0 aliphatic carbocycles. The van der Waals surface area contributed by atoms with Crippen LogP contribution >= 0.6 is 23.2 Å². The van der Waals surface area contributed by atoms with E-state index in [0.29, 0.717) is 33.7 Å². The molecule has 5 heteroatoms. The van der Waals surface area contributed by atoms with Crippen molar-refractivity contribution in [1.82, 2.24) is 0 Å². The number of carbonyl (C=O) groups is 1. The van der Waals surface area contributed by atoms with E-state index in [1.165, 1.54) is 6.08 Å². The molecule has 0 atom stereocenters. The van der Waals surface area contributed by atoms with E-state index in [1.807, 2.05) is 48.5 Å². The minimum atomic E-state index is -0.204. The van der Waals surface area contributed by atoms with Crippen molar-refractivity contribution in [2.75, 3.05) is 7.11 Å². The Morgan fingerprint density at radius 3 is 2.46 bits per heavy atom. The van der Waals surface area contributed by atoms with Gasteiger partial charge in [-0.25, -0.2) is 0 Å². The number of ketones is 1. The molecular formula is C23H18Cl2O3. The number of halogens is 2. The van der Waals surface area contributed by atoms with Crippen LogP contribution < -0.4 is 9.47 Å². The van der Waals surface area contributed by atoms with Crippen LogP contribution in [0.25, 0.3) is 6.08 Å². The third-order valence-corrected chi connectivity index (χ3v) is 4.60. The highest BCUT2D eigenvalue weighted by molar-refractivity contribution is 6.37. The molecule has 0 heterocycles. The van der Waals surface area contributed by atoms with E-state index in [1.54, 1.807) is 31.4 Å². The van der Waals surface area contributed by atoms with Crippen LogP contribution in [0.2, 0.25) is 10.0 Å². The van der Waals surface area contributed by atoms with Gasteiger partial charge >= 0.3 is 0 Å². The Labute approximate surface area is 174 Å². The first-order chi connectivity index (χ1) is 13.6. The minimum Gasteiger partial charge on any atom is -0.493 e. The molecule has 0 saturated carbocycles. The number of ether oxygens (including phenoxy) is 2. The van der Waals surface area contributed by atoms with Gasteiger partial charge in [-0.1, -0.05) is 65.7 Å². The number of allylic oxidation sites excluding steroid dienone is 1. The molecule has 0 aliphatic rings. The number of benzene rings is 3. The van der Waals surface area contributed by atoms with Crippen LogP contribution in [-0.2, 0) is 6.61 Å². The summed E-state index contributed by atoms with van der Waals surface area (Å²) < 4.78 is 11.3. The first-order valence-corrected chi connectivity index (χ1v) is 9.34. The molecule has 3 nitrogen and oxygen atoms in total. The van der Waals surface area contributed by atoms with Crippen LogP contribution in [0.4, 0.5) is 0 Å². The average Bonchev–Trinajstić information content (AvgIpc) is 2.71. The predicted octanol–water partition coefficient (Wildman–Crippen LogP) is 6.48. The van der Waals surface area contributed by atoms with Crippen molar-refractivity contribution in [2.24, 2.45) is 0 Å². The van der Waals surface area contributed by atoms with Gasteiger partial charge in [0.1, 0.15) is 6.61 Å². The highest BCUT2D eigenvalue weighted by atomic mass is 35.5. The predicted molar refractivity (Wildman–Crippen MR) is 114 cm³/mol. The summed E-state index contributed by atoms with van der Waals surface area (Å²) in [4.78, 5) is 12.4. The van der Waals surface area contributed by atoms with Gasteiger partial charge in [0.15, 0.2) is 17.3 Å². The molecule has 3 rings (SSSR count). The zero-order valence-electron chi connectivity index (χ0n) is 15.2. The number of rotatable bonds is 7. The van der Waals surface area contributed by atoms with Crippen molar-refractivity contribution in [1.29, 1.82) is 0 Å². The van der Waals surface area contributed by atoms with Gasteiger partial charge in [0.2, 0.25) is 0 Å². The maximum absolute atomic E-state index is 12.4. The molecule has 28 heavy (non-hydrogen) atoms. The standard InChI is InChI=1S/C23H18Cl2O3/c1-27-23-13-16(7-11-21(26)19-10-9-18(24)14-20(19)25)8-12-22(23)28-15-17-5-3-2-4-6-17/h2-14H,15H2,1H3/b11-7+. The van der Waals surface area contributed by atoms with E-state index in [0.717, 1.165) is 11.1 Å². The smallest absolute Gasteiger partial charge is 0.187 e. The van der Waals surface area contributed by atoms with E-state index in [4.69, 9.17) is 32.7 Å². The first-order valence-electron chi connectivity index (χ1n) is 8.59. The fourth-order valence-electron chi connectivity index (χ4n) is 2.59. The Morgan fingerprint density at radius 1 is 0.964 bits per heavy atom. The monoisotopic (exact) mass is 412 g/mol. The van der Waals surface area contributed by atoms with E-state index in [2.05, 4.69) is 0 Å². The topological polar surface area (TPSA) is 35.5 Å². The van der Waals surface area contributed by atoms with Gasteiger partial charge in [0.05, 0.1) is 12.1 Å². The van der Waals surface area contributed by atoms with Gasteiger partial charge in [-0.15, -0.1) is 0 Å². The number of hydrogen-bond acceptors (Lipinski definition) is 3. The normalized spacial score (nSPS) is 10.8. The van der Waals surface area contributed by atoms with Crippen molar-refractivity contribution < 1.29 is 14.3 Å². The third-order valence-electron chi connectivity index (χ3n) is 4.05. The molecule has 0 radical (unpaired) electrons. The fourth-order valence-corrected chi connectivity index (χ4v) is 3.10. The summed E-state index contributed by atoms with van der Waals surface area (Å²) in [6.45, 7) is 0.444. The third kappa shape index (κ3) is 5.16. The maximum atomic E-state index is 12.4. The first kappa shape index (κ1) is 20.0. The van der Waals surface area contributed by atoms with Crippen LogP contribution in [-0.4, -0.2) is 12.9 Å². The van der Waals surface area contributed by atoms with Crippen molar-refractivity contribution in [3.63, 3.8) is 0 Å². The minimum absolute atomic E-state index is 0.204. The molecule has 0 aromatic heterocycles. The Hall–Kier alpha value is -2.75. The molecule has 0 N–H and O–H groups in total. The van der Waals surface area contributed by atoms with Crippen LogP contribution in [0.15, 0.2) is 72.8 Å². The van der Waals surface area contributed by atoms with Crippen LogP contribution in [0.3, 0.4) is 0 Å². The zero-order chi connectivity index (χ0) is 19.9. The van der Waals surface area contributed by atoms with Gasteiger partial charge in [0, 0.05) is 10.6 Å². The second-order valence-corrected chi connectivity index (χ2v) is 6.85. The summed E-state index contributed by atoms with van der Waals surface area (Å²) in [6, 6.07) is 20.2. The second-order valence-electron chi connectivity index (χ2n) is 6.01. The van der Waals surface area contributed by atoms with Crippen molar-refractivity contribution in [3.8, 4) is 11.5 Å². The van der Waals surface area contributed by atoms with E-state index >= 15 is 0 Å². The Kier molecular flexibility index (Phi) is 6.75. The summed E-state index contributed by atoms with van der Waals surface area (Å²) in [5.74, 6) is 1.02. The van der Waals surface area contributed by atoms with Crippen molar-refractivity contribution in [2.45, 2.75) is 6.61 Å². The van der Waals surface area contributed by atoms with Gasteiger partial charge in [-0.2, -0.15) is 0 Å². The quantitative estimate of drug-likeness (QED) is 0.329. The molecule has 0 saturated heterocycles. The zero-order valence-corrected chi connectivity index (χ0v) is 16.7. The lowest BCUT2D eigenvalue weighted by atomic mass is 10.1. The molecule has 0 aliphatic heterocycles. The Morgan fingerprint density at radius 2 is 1.75 bits per heavy atom. The fraction of sp³-hybridized carbons (Fsp3) is 0.0870. The molecule has 0 amide bonds. The van der Waals surface area contributed by atoms with Crippen LogP contribution in [0.5, 0.6) is 11.5 Å². The molecule has 3 aromatic carbocycles. The van der Waals surface area contributed by atoms with E-state index in [9.17, 15) is 4.79 Å². The number of hydrogen-bond donors (Lipinski definition) is 0. The lowest BCUT2D eigenvalue weighted by Gasteiger charge is -2.11. The molecule has 0 spiro atoms. The molecule has 142 valence electrons. The summed E-state index contributed by atoms with van der Waals surface area (Å²) in [5.41, 5.74) is 2.28. The lowest BCUT2D eigenvalue weighted by Crippen LogP contribution is -1.98. The summed E-state index contributed by atoms with van der Waals surface area (Å²) >= 11 is 12.0. The molecule has 0 fully saturated rings. The second kappa shape index (κ2) is 9.45. The lowest BCUT2D eigenvalue weighted by molar-refractivity contribution is 0.104. The molecular weight excluding hydrogens is 395 g/mol. The number of carbonyl (C=O) groups excluding carboxylic acids is 1. The highest BCUT2D eigenvalue weighted by Crippen LogP contribution is 2.29. The summed E-state index contributed by atoms with van der Waals surface area (Å²) in [5, 5.41) is 0.811. The van der Waals surface area contributed by atoms with Crippen molar-refractivity contribution in [3.05, 3.63) is 99.5 Å². The maximum Gasteiger partial charge on any atom is 0.187 e. The summed E-state index contributed by atoms with van der Waals surface area (Å²) in [6.07, 6.45) is 3.17. The van der Waals surface area contributed by atoms with Gasteiger partial charge in [-0.05, 0) is 47.5 Å². The largest absolute Gasteiger partial charge is 0.493 e. The van der Waals surface area contributed by atoms with Gasteiger partial charge < -0.3 is 9.47 Å². The van der Waals surface area contributed by atoms with Crippen molar-refractivity contribution >= 4 is 35.1 Å². The number of methoxy groups -OCH3 is 1. The summed E-state index contributed by atoms with van der Waals surface area (Å²) in [7, 11) is 1.58.